The highest BCUT2D eigenvalue weighted by Gasteiger charge is 2.06. The van der Waals surface area contributed by atoms with Gasteiger partial charge in [0.15, 0.2) is 0 Å². The topological polar surface area (TPSA) is 65.5 Å². The first-order chi connectivity index (χ1) is 9.56. The number of amides is 1. The van der Waals surface area contributed by atoms with Crippen molar-refractivity contribution in [2.75, 3.05) is 19.0 Å². The minimum absolute atomic E-state index is 0.0204. The van der Waals surface area contributed by atoms with Crippen LogP contribution >= 0.6 is 0 Å². The maximum atomic E-state index is 11.9. The number of nitrogens with zero attached hydrogens (tertiary/aromatic N) is 2. The maximum Gasteiger partial charge on any atom is 0.253 e. The second kappa shape index (κ2) is 6.06. The molecule has 5 heteroatoms. The van der Waals surface area contributed by atoms with Gasteiger partial charge in [-0.05, 0) is 23.8 Å². The van der Waals surface area contributed by atoms with E-state index in [2.05, 4.69) is 10.3 Å². The number of aromatic hydroxyl groups is 1. The molecule has 0 saturated heterocycles. The zero-order valence-corrected chi connectivity index (χ0v) is 11.5. The molecule has 5 nitrogen and oxygen atoms in total. The lowest BCUT2D eigenvalue weighted by Crippen LogP contribution is -2.22. The molecule has 1 heterocycles. The molecule has 1 aromatic heterocycles. The Labute approximate surface area is 117 Å². The fraction of sp³-hybridized carbons (Fsp3) is 0.200. The largest absolute Gasteiger partial charge is 0.506 e. The predicted octanol–water partition coefficient (Wildman–Crippen LogP) is 1.78. The fourth-order valence-electron chi connectivity index (χ4n) is 1.75. The molecule has 0 spiro atoms. The average molecular weight is 271 g/mol. The Bertz CT molecular complexity index is 594. The van der Waals surface area contributed by atoms with Crippen molar-refractivity contribution in [3.05, 3.63) is 53.9 Å². The van der Waals surface area contributed by atoms with Crippen molar-refractivity contribution < 1.29 is 9.90 Å². The molecule has 0 fully saturated rings. The Morgan fingerprint density at radius 2 is 1.95 bits per heavy atom. The van der Waals surface area contributed by atoms with Crippen LogP contribution < -0.4 is 10.2 Å². The van der Waals surface area contributed by atoms with Gasteiger partial charge in [-0.2, -0.15) is 0 Å². The summed E-state index contributed by atoms with van der Waals surface area (Å²) in [7, 11) is 3.96. The third kappa shape index (κ3) is 3.47. The summed E-state index contributed by atoms with van der Waals surface area (Å²) in [5.41, 5.74) is 2.46. The summed E-state index contributed by atoms with van der Waals surface area (Å²) >= 11 is 0. The van der Waals surface area contributed by atoms with Crippen LogP contribution in [0.15, 0.2) is 42.7 Å². The highest BCUT2D eigenvalue weighted by Crippen LogP contribution is 2.12. The monoisotopic (exact) mass is 271 g/mol. The number of carbonyl (C=O) groups is 1. The number of carbonyl (C=O) groups excluding carboxylic acids is 1. The van der Waals surface area contributed by atoms with Crippen molar-refractivity contribution in [3.63, 3.8) is 0 Å². The second-order valence-corrected chi connectivity index (χ2v) is 4.68. The van der Waals surface area contributed by atoms with E-state index in [0.717, 1.165) is 11.3 Å². The van der Waals surface area contributed by atoms with Crippen molar-refractivity contribution in [2.45, 2.75) is 6.54 Å². The van der Waals surface area contributed by atoms with E-state index in [1.54, 1.807) is 0 Å². The van der Waals surface area contributed by atoms with Crippen LogP contribution in [0.25, 0.3) is 0 Å². The van der Waals surface area contributed by atoms with Gasteiger partial charge in [-0.25, -0.2) is 0 Å². The van der Waals surface area contributed by atoms with Crippen LogP contribution in [-0.4, -0.2) is 30.1 Å². The number of anilines is 1. The molecule has 0 bridgehead atoms. The minimum Gasteiger partial charge on any atom is -0.506 e. The zero-order valence-electron chi connectivity index (χ0n) is 11.5. The Morgan fingerprint density at radius 3 is 2.55 bits per heavy atom. The van der Waals surface area contributed by atoms with Gasteiger partial charge in [-0.1, -0.05) is 12.1 Å². The van der Waals surface area contributed by atoms with E-state index in [9.17, 15) is 9.90 Å². The molecule has 2 rings (SSSR count). The first-order valence-electron chi connectivity index (χ1n) is 6.25. The van der Waals surface area contributed by atoms with Crippen molar-refractivity contribution in [1.82, 2.24) is 10.3 Å². The molecule has 0 radical (unpaired) electrons. The van der Waals surface area contributed by atoms with Crippen LogP contribution in [0, 0.1) is 0 Å². The lowest BCUT2D eigenvalue weighted by atomic mass is 10.2. The number of pyridine rings is 1. The first-order valence-corrected chi connectivity index (χ1v) is 6.25. The van der Waals surface area contributed by atoms with Gasteiger partial charge < -0.3 is 15.3 Å². The number of rotatable bonds is 4. The summed E-state index contributed by atoms with van der Waals surface area (Å²) in [6.45, 7) is 0.433. The van der Waals surface area contributed by atoms with E-state index in [0.29, 0.717) is 12.1 Å². The van der Waals surface area contributed by atoms with Crippen molar-refractivity contribution in [1.29, 1.82) is 0 Å². The van der Waals surface area contributed by atoms with Crippen LogP contribution in [0.2, 0.25) is 0 Å². The molecule has 0 atom stereocenters. The van der Waals surface area contributed by atoms with Gasteiger partial charge in [0.1, 0.15) is 5.75 Å². The molecule has 0 aliphatic rings. The molecular weight excluding hydrogens is 254 g/mol. The fourth-order valence-corrected chi connectivity index (χ4v) is 1.75. The number of benzene rings is 1. The Kier molecular flexibility index (Phi) is 4.20. The van der Waals surface area contributed by atoms with Gasteiger partial charge in [-0.3, -0.25) is 9.78 Å². The van der Waals surface area contributed by atoms with Crippen LogP contribution in [0.5, 0.6) is 5.75 Å². The summed E-state index contributed by atoms with van der Waals surface area (Å²) in [6, 6.07) is 9.32. The highest BCUT2D eigenvalue weighted by atomic mass is 16.3. The van der Waals surface area contributed by atoms with Gasteiger partial charge in [0.2, 0.25) is 0 Å². The van der Waals surface area contributed by atoms with Gasteiger partial charge in [0.25, 0.3) is 5.91 Å². The molecule has 2 aromatic rings. The number of hydrogen-bond donors (Lipinski definition) is 2. The standard InChI is InChI=1S/C15H17N3O2/c1-18(2)13-5-3-11(4-6-13)8-17-15(20)12-7-14(19)10-16-9-12/h3-7,9-10,19H,8H2,1-2H3,(H,17,20). The lowest BCUT2D eigenvalue weighted by molar-refractivity contribution is 0.0950. The molecule has 0 aliphatic heterocycles. The molecule has 0 aliphatic carbocycles. The summed E-state index contributed by atoms with van der Waals surface area (Å²) < 4.78 is 0. The van der Waals surface area contributed by atoms with Gasteiger partial charge in [0, 0.05) is 32.5 Å². The SMILES string of the molecule is CN(C)c1ccc(CNC(=O)c2cncc(O)c2)cc1. The third-order valence-electron chi connectivity index (χ3n) is 2.89. The van der Waals surface area contributed by atoms with Crippen LogP contribution in [0.4, 0.5) is 5.69 Å². The molecule has 2 N–H and O–H groups in total. The molecule has 0 unspecified atom stereocenters. The molecule has 1 aromatic carbocycles. The van der Waals surface area contributed by atoms with Crippen molar-refractivity contribution in [2.24, 2.45) is 0 Å². The smallest absolute Gasteiger partial charge is 0.253 e. The predicted molar refractivity (Wildman–Crippen MR) is 77.8 cm³/mol. The Hall–Kier alpha value is -2.56. The summed E-state index contributed by atoms with van der Waals surface area (Å²) in [6.07, 6.45) is 2.71. The molecule has 20 heavy (non-hydrogen) atoms. The normalized spacial score (nSPS) is 10.1. The minimum atomic E-state index is -0.259. The number of aromatic nitrogens is 1. The van der Waals surface area contributed by atoms with Gasteiger partial charge in [0.05, 0.1) is 11.8 Å². The van der Waals surface area contributed by atoms with E-state index in [4.69, 9.17) is 0 Å². The second-order valence-electron chi connectivity index (χ2n) is 4.68. The Morgan fingerprint density at radius 1 is 1.25 bits per heavy atom. The molecule has 1 amide bonds. The zero-order chi connectivity index (χ0) is 14.5. The molecule has 0 saturated carbocycles. The molecular formula is C15H17N3O2. The van der Waals surface area contributed by atoms with E-state index in [-0.39, 0.29) is 11.7 Å². The van der Waals surface area contributed by atoms with Crippen LogP contribution in [-0.2, 0) is 6.54 Å². The van der Waals surface area contributed by atoms with E-state index in [1.165, 1.54) is 18.5 Å². The van der Waals surface area contributed by atoms with Gasteiger partial charge >= 0.3 is 0 Å². The van der Waals surface area contributed by atoms with E-state index >= 15 is 0 Å². The van der Waals surface area contributed by atoms with Crippen LogP contribution in [0.3, 0.4) is 0 Å². The Balaban J connectivity index is 1.96. The summed E-state index contributed by atoms with van der Waals surface area (Å²) in [4.78, 5) is 17.7. The van der Waals surface area contributed by atoms with Gasteiger partial charge in [-0.15, -0.1) is 0 Å². The summed E-state index contributed by atoms with van der Waals surface area (Å²) in [5, 5.41) is 12.1. The van der Waals surface area contributed by atoms with E-state index in [1.807, 2.05) is 43.3 Å². The quantitative estimate of drug-likeness (QED) is 0.889. The maximum absolute atomic E-state index is 11.9. The third-order valence-corrected chi connectivity index (χ3v) is 2.89. The van der Waals surface area contributed by atoms with Crippen LogP contribution in [0.1, 0.15) is 15.9 Å². The first kappa shape index (κ1) is 13.9. The number of hydrogen-bond acceptors (Lipinski definition) is 4. The van der Waals surface area contributed by atoms with Crippen molar-refractivity contribution in [3.8, 4) is 5.75 Å². The molecule has 104 valence electrons. The lowest BCUT2D eigenvalue weighted by Gasteiger charge is -2.13. The van der Waals surface area contributed by atoms with E-state index < -0.39 is 0 Å². The summed E-state index contributed by atoms with van der Waals surface area (Å²) in [5.74, 6) is -0.280. The van der Waals surface area contributed by atoms with Crippen molar-refractivity contribution >= 4 is 11.6 Å². The number of nitrogens with one attached hydrogen (secondary N) is 1. The highest BCUT2D eigenvalue weighted by molar-refractivity contribution is 5.94. The average Bonchev–Trinajstić information content (AvgIpc) is 2.45.